The summed E-state index contributed by atoms with van der Waals surface area (Å²) in [7, 11) is 0. The summed E-state index contributed by atoms with van der Waals surface area (Å²) in [6, 6.07) is 13.2. The first kappa shape index (κ1) is 20.4. The number of amides is 1. The van der Waals surface area contributed by atoms with Crippen molar-refractivity contribution in [3.05, 3.63) is 58.9 Å². The van der Waals surface area contributed by atoms with E-state index in [0.717, 1.165) is 35.4 Å². The second kappa shape index (κ2) is 8.88. The standard InChI is InChI=1S/C23H24ClN3O3/c1-3-4-11-29-19-8-5-16(6-9-19)23-25-22(26-30-23)17-13-21(28)27(14-17)20-10-7-18(24)12-15(20)2/h5-10,12,17H,3-4,11,13-14H2,1-2H3. The molecule has 0 bridgehead atoms. The Morgan fingerprint density at radius 2 is 2.03 bits per heavy atom. The highest BCUT2D eigenvalue weighted by Gasteiger charge is 2.35. The summed E-state index contributed by atoms with van der Waals surface area (Å²) >= 11 is 6.04. The lowest BCUT2D eigenvalue weighted by molar-refractivity contribution is -0.117. The topological polar surface area (TPSA) is 68.5 Å². The largest absolute Gasteiger partial charge is 0.494 e. The number of benzene rings is 2. The fraction of sp³-hybridized carbons (Fsp3) is 0.348. The number of halogens is 1. The summed E-state index contributed by atoms with van der Waals surface area (Å²) in [5, 5.41) is 4.80. The number of rotatable bonds is 7. The van der Waals surface area contributed by atoms with Crippen LogP contribution in [-0.2, 0) is 4.79 Å². The van der Waals surface area contributed by atoms with Crippen molar-refractivity contribution in [1.29, 1.82) is 0 Å². The number of nitrogens with zero attached hydrogens (tertiary/aromatic N) is 3. The molecule has 0 aliphatic carbocycles. The Balaban J connectivity index is 1.46. The van der Waals surface area contributed by atoms with E-state index in [1.807, 2.05) is 43.3 Å². The smallest absolute Gasteiger partial charge is 0.257 e. The summed E-state index contributed by atoms with van der Waals surface area (Å²) in [6.45, 7) is 5.31. The van der Waals surface area contributed by atoms with Crippen molar-refractivity contribution in [3.8, 4) is 17.2 Å². The van der Waals surface area contributed by atoms with E-state index in [4.69, 9.17) is 20.9 Å². The maximum absolute atomic E-state index is 12.6. The Hall–Kier alpha value is -2.86. The number of carbonyl (C=O) groups is 1. The van der Waals surface area contributed by atoms with Crippen LogP contribution in [0.5, 0.6) is 5.75 Å². The Kier molecular flexibility index (Phi) is 6.04. The molecule has 156 valence electrons. The molecule has 1 atom stereocenters. The van der Waals surface area contributed by atoms with E-state index in [0.29, 0.717) is 36.3 Å². The molecule has 0 radical (unpaired) electrons. The molecule has 0 spiro atoms. The molecule has 1 unspecified atom stereocenters. The van der Waals surface area contributed by atoms with Gasteiger partial charge in [-0.1, -0.05) is 30.1 Å². The van der Waals surface area contributed by atoms with Gasteiger partial charge in [-0.25, -0.2) is 0 Å². The number of aromatic nitrogens is 2. The molecule has 3 aromatic rings. The molecule has 2 heterocycles. The van der Waals surface area contributed by atoms with E-state index in [9.17, 15) is 4.79 Å². The van der Waals surface area contributed by atoms with Crippen molar-refractivity contribution >= 4 is 23.2 Å². The van der Waals surface area contributed by atoms with Gasteiger partial charge < -0.3 is 14.2 Å². The molecule has 1 fully saturated rings. The molecule has 1 amide bonds. The lowest BCUT2D eigenvalue weighted by atomic mass is 10.1. The van der Waals surface area contributed by atoms with Gasteiger partial charge in [0.05, 0.1) is 6.61 Å². The third-order valence-corrected chi connectivity index (χ3v) is 5.48. The first-order valence-electron chi connectivity index (χ1n) is 10.2. The highest BCUT2D eigenvalue weighted by molar-refractivity contribution is 6.30. The van der Waals surface area contributed by atoms with Crippen LogP contribution in [0.15, 0.2) is 47.0 Å². The molecule has 7 heteroatoms. The lowest BCUT2D eigenvalue weighted by Gasteiger charge is -2.18. The fourth-order valence-electron chi connectivity index (χ4n) is 3.58. The minimum Gasteiger partial charge on any atom is -0.494 e. The number of carbonyl (C=O) groups excluding carboxylic acids is 1. The van der Waals surface area contributed by atoms with Crippen LogP contribution in [0.4, 0.5) is 5.69 Å². The number of aryl methyl sites for hydroxylation is 1. The van der Waals surface area contributed by atoms with Crippen molar-refractivity contribution in [3.63, 3.8) is 0 Å². The zero-order chi connectivity index (χ0) is 21.1. The van der Waals surface area contributed by atoms with E-state index >= 15 is 0 Å². The fourth-order valence-corrected chi connectivity index (χ4v) is 3.81. The average molecular weight is 426 g/mol. The van der Waals surface area contributed by atoms with Gasteiger partial charge >= 0.3 is 0 Å². The Labute approximate surface area is 180 Å². The molecule has 30 heavy (non-hydrogen) atoms. The monoisotopic (exact) mass is 425 g/mol. The van der Waals surface area contributed by atoms with Gasteiger partial charge in [-0.15, -0.1) is 0 Å². The van der Waals surface area contributed by atoms with Crippen LogP contribution in [0, 0.1) is 6.92 Å². The highest BCUT2D eigenvalue weighted by Crippen LogP contribution is 2.34. The van der Waals surface area contributed by atoms with Crippen LogP contribution >= 0.6 is 11.6 Å². The maximum Gasteiger partial charge on any atom is 0.257 e. The third kappa shape index (κ3) is 4.33. The highest BCUT2D eigenvalue weighted by atomic mass is 35.5. The maximum atomic E-state index is 12.6. The van der Waals surface area contributed by atoms with Crippen molar-refractivity contribution in [2.45, 2.75) is 39.0 Å². The van der Waals surface area contributed by atoms with E-state index < -0.39 is 0 Å². The number of hydrogen-bond acceptors (Lipinski definition) is 5. The second-order valence-corrected chi connectivity index (χ2v) is 7.96. The van der Waals surface area contributed by atoms with E-state index in [1.165, 1.54) is 0 Å². The second-order valence-electron chi connectivity index (χ2n) is 7.52. The van der Waals surface area contributed by atoms with Crippen LogP contribution in [0.3, 0.4) is 0 Å². The third-order valence-electron chi connectivity index (χ3n) is 5.25. The molecule has 6 nitrogen and oxygen atoms in total. The Bertz CT molecular complexity index is 1030. The van der Waals surface area contributed by atoms with Gasteiger partial charge in [-0.3, -0.25) is 4.79 Å². The minimum absolute atomic E-state index is 0.0466. The van der Waals surface area contributed by atoms with Crippen molar-refractivity contribution in [2.75, 3.05) is 18.1 Å². The van der Waals surface area contributed by atoms with E-state index in [2.05, 4.69) is 17.1 Å². The van der Waals surface area contributed by atoms with Crippen LogP contribution < -0.4 is 9.64 Å². The molecule has 0 N–H and O–H groups in total. The molecule has 1 saturated heterocycles. The number of hydrogen-bond donors (Lipinski definition) is 0. The number of unbranched alkanes of at least 4 members (excludes halogenated alkanes) is 1. The zero-order valence-corrected chi connectivity index (χ0v) is 17.9. The van der Waals surface area contributed by atoms with Crippen LogP contribution in [0.1, 0.15) is 43.5 Å². The summed E-state index contributed by atoms with van der Waals surface area (Å²) < 4.78 is 11.2. The summed E-state index contributed by atoms with van der Waals surface area (Å²) in [6.07, 6.45) is 2.48. The van der Waals surface area contributed by atoms with Gasteiger partial charge in [0.2, 0.25) is 5.91 Å². The lowest BCUT2D eigenvalue weighted by Crippen LogP contribution is -2.25. The van der Waals surface area contributed by atoms with Crippen LogP contribution in [0.25, 0.3) is 11.5 Å². The predicted molar refractivity (Wildman–Crippen MR) is 116 cm³/mol. The summed E-state index contributed by atoms with van der Waals surface area (Å²) in [4.78, 5) is 18.9. The van der Waals surface area contributed by atoms with Gasteiger partial charge in [0.15, 0.2) is 5.82 Å². The van der Waals surface area contributed by atoms with Gasteiger partial charge in [0.25, 0.3) is 5.89 Å². The summed E-state index contributed by atoms with van der Waals surface area (Å²) in [5.74, 6) is 1.75. The number of ether oxygens (including phenoxy) is 1. The van der Waals surface area contributed by atoms with Gasteiger partial charge in [0, 0.05) is 35.2 Å². The van der Waals surface area contributed by atoms with Gasteiger partial charge in [-0.05, 0) is 61.4 Å². The average Bonchev–Trinajstić information content (AvgIpc) is 3.36. The SMILES string of the molecule is CCCCOc1ccc(-c2nc(C3CC(=O)N(c4ccc(Cl)cc4C)C3)no2)cc1. The van der Waals surface area contributed by atoms with E-state index in [-0.39, 0.29) is 11.8 Å². The molecular weight excluding hydrogens is 402 g/mol. The first-order valence-corrected chi connectivity index (χ1v) is 10.6. The van der Waals surface area contributed by atoms with Gasteiger partial charge in [-0.2, -0.15) is 4.98 Å². The normalized spacial score (nSPS) is 16.3. The molecular formula is C23H24ClN3O3. The predicted octanol–water partition coefficient (Wildman–Crippen LogP) is 5.40. The molecule has 1 aliphatic heterocycles. The Morgan fingerprint density at radius 3 is 2.77 bits per heavy atom. The summed E-state index contributed by atoms with van der Waals surface area (Å²) in [5.41, 5.74) is 2.66. The Morgan fingerprint density at radius 1 is 1.23 bits per heavy atom. The molecule has 1 aromatic heterocycles. The molecule has 0 saturated carbocycles. The van der Waals surface area contributed by atoms with Crippen molar-refractivity contribution in [2.24, 2.45) is 0 Å². The van der Waals surface area contributed by atoms with Crippen LogP contribution in [-0.4, -0.2) is 29.2 Å². The zero-order valence-electron chi connectivity index (χ0n) is 17.1. The first-order chi connectivity index (χ1) is 14.5. The number of anilines is 1. The molecule has 1 aliphatic rings. The molecule has 4 rings (SSSR count). The van der Waals surface area contributed by atoms with Crippen LogP contribution in [0.2, 0.25) is 5.02 Å². The quantitative estimate of drug-likeness (QED) is 0.474. The van der Waals surface area contributed by atoms with Crippen molar-refractivity contribution in [1.82, 2.24) is 10.1 Å². The van der Waals surface area contributed by atoms with E-state index in [1.54, 1.807) is 11.0 Å². The van der Waals surface area contributed by atoms with Gasteiger partial charge in [0.1, 0.15) is 5.75 Å². The van der Waals surface area contributed by atoms with Crippen molar-refractivity contribution < 1.29 is 14.1 Å². The molecule has 2 aromatic carbocycles. The minimum atomic E-state index is -0.110.